The predicted octanol–water partition coefficient (Wildman–Crippen LogP) is 5.66. The van der Waals surface area contributed by atoms with Gasteiger partial charge < -0.3 is 0 Å². The Bertz CT molecular complexity index is 1140. The van der Waals surface area contributed by atoms with Crippen LogP contribution < -0.4 is 0 Å². The topological polar surface area (TPSA) is 49.6 Å². The Balaban J connectivity index is 1.78. The number of nitriles is 1. The van der Waals surface area contributed by atoms with Crippen LogP contribution in [-0.4, -0.2) is 9.97 Å². The molecule has 3 aromatic carbocycles. The maximum Gasteiger partial charge on any atom is 0.160 e. The summed E-state index contributed by atoms with van der Waals surface area (Å²) in [5.74, 6) is 0.701. The number of aromatic nitrogens is 2. The van der Waals surface area contributed by atoms with E-state index in [1.54, 1.807) is 0 Å². The van der Waals surface area contributed by atoms with Gasteiger partial charge in [0.05, 0.1) is 17.3 Å². The van der Waals surface area contributed by atoms with Crippen molar-refractivity contribution in [2.45, 2.75) is 6.92 Å². The van der Waals surface area contributed by atoms with Crippen molar-refractivity contribution < 1.29 is 0 Å². The molecule has 1 aromatic heterocycles. The second-order valence-corrected chi connectivity index (χ2v) is 6.36. The van der Waals surface area contributed by atoms with Crippen molar-refractivity contribution in [1.29, 1.82) is 5.26 Å². The SMILES string of the molecule is Cc1cc(-c2ccccc2)nc(-c2cccc(-c3cccc(C#N)c3)c2)n1. The molecule has 0 atom stereocenters. The van der Waals surface area contributed by atoms with Gasteiger partial charge in [-0.15, -0.1) is 0 Å². The third-order valence-corrected chi connectivity index (χ3v) is 4.37. The first-order valence-corrected chi connectivity index (χ1v) is 8.75. The Labute approximate surface area is 158 Å². The molecule has 27 heavy (non-hydrogen) atoms. The van der Waals surface area contributed by atoms with E-state index in [0.717, 1.165) is 33.6 Å². The molecule has 4 aromatic rings. The van der Waals surface area contributed by atoms with Crippen LogP contribution >= 0.6 is 0 Å². The summed E-state index contributed by atoms with van der Waals surface area (Å²) in [7, 11) is 0. The lowest BCUT2D eigenvalue weighted by atomic mass is 10.0. The van der Waals surface area contributed by atoms with Gasteiger partial charge in [-0.3, -0.25) is 0 Å². The molecule has 0 amide bonds. The molecule has 4 rings (SSSR count). The molecular weight excluding hydrogens is 330 g/mol. The zero-order valence-electron chi connectivity index (χ0n) is 14.9. The molecule has 0 fully saturated rings. The van der Waals surface area contributed by atoms with Crippen molar-refractivity contribution in [3.05, 3.63) is 96.2 Å². The quantitative estimate of drug-likeness (QED) is 0.480. The summed E-state index contributed by atoms with van der Waals surface area (Å²) in [6.45, 7) is 1.98. The van der Waals surface area contributed by atoms with Gasteiger partial charge in [0.2, 0.25) is 0 Å². The number of aryl methyl sites for hydroxylation is 1. The van der Waals surface area contributed by atoms with E-state index >= 15 is 0 Å². The normalized spacial score (nSPS) is 10.4. The Kier molecular flexibility index (Phi) is 4.47. The van der Waals surface area contributed by atoms with Gasteiger partial charge in [0.25, 0.3) is 0 Å². The molecule has 0 aliphatic carbocycles. The zero-order chi connectivity index (χ0) is 18.6. The van der Waals surface area contributed by atoms with Gasteiger partial charge in [-0.1, -0.05) is 60.7 Å². The van der Waals surface area contributed by atoms with Crippen LogP contribution in [-0.2, 0) is 0 Å². The smallest absolute Gasteiger partial charge is 0.160 e. The number of nitrogens with zero attached hydrogens (tertiary/aromatic N) is 3. The zero-order valence-corrected chi connectivity index (χ0v) is 14.9. The lowest BCUT2D eigenvalue weighted by Gasteiger charge is -2.08. The maximum atomic E-state index is 9.14. The van der Waals surface area contributed by atoms with E-state index in [-0.39, 0.29) is 0 Å². The van der Waals surface area contributed by atoms with Crippen molar-refractivity contribution in [3.63, 3.8) is 0 Å². The first-order chi connectivity index (χ1) is 13.2. The van der Waals surface area contributed by atoms with Gasteiger partial charge in [0.15, 0.2) is 5.82 Å². The summed E-state index contributed by atoms with van der Waals surface area (Å²) >= 11 is 0. The highest BCUT2D eigenvalue weighted by Crippen LogP contribution is 2.27. The van der Waals surface area contributed by atoms with E-state index in [2.05, 4.69) is 29.3 Å². The highest BCUT2D eigenvalue weighted by molar-refractivity contribution is 5.72. The highest BCUT2D eigenvalue weighted by atomic mass is 14.9. The summed E-state index contributed by atoms with van der Waals surface area (Å²) in [6, 6.07) is 30.0. The van der Waals surface area contributed by atoms with Crippen LogP contribution in [0.1, 0.15) is 11.3 Å². The molecule has 0 aliphatic heterocycles. The second-order valence-electron chi connectivity index (χ2n) is 6.36. The largest absolute Gasteiger partial charge is 0.233 e. The first kappa shape index (κ1) is 16.7. The van der Waals surface area contributed by atoms with E-state index in [1.807, 2.05) is 73.7 Å². The Morgan fingerprint density at radius 3 is 2.11 bits per heavy atom. The molecule has 1 heterocycles. The molecule has 128 valence electrons. The minimum atomic E-state index is 0.649. The van der Waals surface area contributed by atoms with Crippen LogP contribution in [0, 0.1) is 18.3 Å². The summed E-state index contributed by atoms with van der Waals surface area (Å²) < 4.78 is 0. The maximum absolute atomic E-state index is 9.14. The third kappa shape index (κ3) is 3.61. The van der Waals surface area contributed by atoms with Crippen molar-refractivity contribution in [2.75, 3.05) is 0 Å². The van der Waals surface area contributed by atoms with Crippen LogP contribution in [0.5, 0.6) is 0 Å². The summed E-state index contributed by atoms with van der Waals surface area (Å²) in [5.41, 5.74) is 6.56. The van der Waals surface area contributed by atoms with Gasteiger partial charge in [0.1, 0.15) is 0 Å². The van der Waals surface area contributed by atoms with E-state index in [4.69, 9.17) is 10.2 Å². The van der Waals surface area contributed by atoms with Crippen LogP contribution in [0.4, 0.5) is 0 Å². The van der Waals surface area contributed by atoms with Crippen LogP contribution in [0.2, 0.25) is 0 Å². The Morgan fingerprint density at radius 2 is 1.33 bits per heavy atom. The first-order valence-electron chi connectivity index (χ1n) is 8.75. The van der Waals surface area contributed by atoms with Crippen molar-refractivity contribution >= 4 is 0 Å². The highest BCUT2D eigenvalue weighted by Gasteiger charge is 2.08. The van der Waals surface area contributed by atoms with Gasteiger partial charge in [0, 0.05) is 16.8 Å². The Hall–Kier alpha value is -3.77. The lowest BCUT2D eigenvalue weighted by Crippen LogP contribution is -1.95. The average Bonchev–Trinajstić information content (AvgIpc) is 2.74. The molecule has 0 N–H and O–H groups in total. The fourth-order valence-electron chi connectivity index (χ4n) is 3.06. The van der Waals surface area contributed by atoms with Gasteiger partial charge >= 0.3 is 0 Å². The molecule has 0 saturated carbocycles. The van der Waals surface area contributed by atoms with E-state index < -0.39 is 0 Å². The summed E-state index contributed by atoms with van der Waals surface area (Å²) in [6.07, 6.45) is 0. The molecule has 0 spiro atoms. The van der Waals surface area contributed by atoms with Gasteiger partial charge in [-0.25, -0.2) is 9.97 Å². The van der Waals surface area contributed by atoms with Crippen molar-refractivity contribution in [3.8, 4) is 39.8 Å². The standard InChI is InChI=1S/C24H17N3/c1-17-13-23(19-8-3-2-4-9-19)27-24(26-17)22-12-6-11-21(15-22)20-10-5-7-18(14-20)16-25/h2-15H,1H3. The number of rotatable bonds is 3. The second kappa shape index (κ2) is 7.23. The van der Waals surface area contributed by atoms with Crippen LogP contribution in [0.25, 0.3) is 33.8 Å². The fraction of sp³-hybridized carbons (Fsp3) is 0.0417. The third-order valence-electron chi connectivity index (χ3n) is 4.37. The molecule has 0 saturated heterocycles. The molecular formula is C24H17N3. The molecule has 0 radical (unpaired) electrons. The number of hydrogen-bond donors (Lipinski definition) is 0. The minimum Gasteiger partial charge on any atom is -0.233 e. The monoisotopic (exact) mass is 347 g/mol. The molecule has 3 nitrogen and oxygen atoms in total. The lowest BCUT2D eigenvalue weighted by molar-refractivity contribution is 1.12. The van der Waals surface area contributed by atoms with Crippen LogP contribution in [0.15, 0.2) is 84.9 Å². The van der Waals surface area contributed by atoms with Crippen molar-refractivity contribution in [1.82, 2.24) is 9.97 Å². The fourth-order valence-corrected chi connectivity index (χ4v) is 3.06. The summed E-state index contributed by atoms with van der Waals surface area (Å²) in [4.78, 5) is 9.41. The molecule has 3 heteroatoms. The predicted molar refractivity (Wildman–Crippen MR) is 108 cm³/mol. The number of benzene rings is 3. The van der Waals surface area contributed by atoms with Crippen LogP contribution in [0.3, 0.4) is 0 Å². The molecule has 0 unspecified atom stereocenters. The molecule has 0 aliphatic rings. The molecule has 0 bridgehead atoms. The Morgan fingerprint density at radius 1 is 0.667 bits per heavy atom. The van der Waals surface area contributed by atoms with Gasteiger partial charge in [-0.2, -0.15) is 5.26 Å². The van der Waals surface area contributed by atoms with E-state index in [0.29, 0.717) is 11.4 Å². The summed E-state index contributed by atoms with van der Waals surface area (Å²) in [5, 5.41) is 9.14. The average molecular weight is 347 g/mol. The van der Waals surface area contributed by atoms with E-state index in [1.165, 1.54) is 0 Å². The van der Waals surface area contributed by atoms with Gasteiger partial charge in [-0.05, 0) is 42.3 Å². The number of hydrogen-bond acceptors (Lipinski definition) is 3. The van der Waals surface area contributed by atoms with Crippen molar-refractivity contribution in [2.24, 2.45) is 0 Å². The van der Waals surface area contributed by atoms with E-state index in [9.17, 15) is 0 Å². The minimum absolute atomic E-state index is 0.649.